The van der Waals surface area contributed by atoms with Crippen molar-refractivity contribution in [1.82, 2.24) is 0 Å². The van der Waals surface area contributed by atoms with Gasteiger partial charge in [0, 0.05) is 27.9 Å². The third-order valence-electron chi connectivity index (χ3n) is 14.4. The highest BCUT2D eigenvalue weighted by Crippen LogP contribution is 2.56. The number of hydrogen-bond acceptors (Lipinski definition) is 1. The first-order chi connectivity index (χ1) is 29.4. The third-order valence-corrected chi connectivity index (χ3v) is 14.4. The van der Waals surface area contributed by atoms with E-state index in [0.29, 0.717) is 0 Å². The predicted molar refractivity (Wildman–Crippen MR) is 258 cm³/mol. The molecule has 1 heteroatoms. The Bertz CT molecular complexity index is 2880. The van der Waals surface area contributed by atoms with Gasteiger partial charge in [-0.3, -0.25) is 0 Å². The average Bonchev–Trinajstić information content (AvgIpc) is 3.74. The van der Waals surface area contributed by atoms with Gasteiger partial charge < -0.3 is 4.90 Å². The molecule has 0 fully saturated rings. The van der Waals surface area contributed by atoms with Gasteiger partial charge >= 0.3 is 0 Å². The van der Waals surface area contributed by atoms with Gasteiger partial charge in [-0.15, -0.1) is 0 Å². The number of nitrogens with zero attached hydrogens (tertiary/aromatic N) is 1. The SMILES string of the molecule is CCC1(CC)c2cc(/C=C/c3ccc4c(c3)C(CC)(CC)c3cc(N(c5ccccc5)c5ccccc5)ccc3-4)ccc2-c2ccc(-c3ccc(C)c4ccccc34)cc21. The maximum Gasteiger partial charge on any atom is 0.0465 e. The maximum atomic E-state index is 2.51. The summed E-state index contributed by atoms with van der Waals surface area (Å²) in [5.41, 5.74) is 21.2. The van der Waals surface area contributed by atoms with Gasteiger partial charge in [0.1, 0.15) is 0 Å². The van der Waals surface area contributed by atoms with Crippen LogP contribution < -0.4 is 4.90 Å². The summed E-state index contributed by atoms with van der Waals surface area (Å²) in [5, 5.41) is 2.66. The molecule has 0 atom stereocenters. The van der Waals surface area contributed by atoms with Crippen LogP contribution in [0.3, 0.4) is 0 Å². The second-order valence-electron chi connectivity index (χ2n) is 17.0. The minimum Gasteiger partial charge on any atom is -0.310 e. The van der Waals surface area contributed by atoms with Crippen molar-refractivity contribution in [2.45, 2.75) is 71.1 Å². The highest BCUT2D eigenvalue weighted by molar-refractivity contribution is 5.99. The maximum absolute atomic E-state index is 2.51. The number of rotatable bonds is 10. The van der Waals surface area contributed by atoms with E-state index in [1.807, 2.05) is 0 Å². The van der Waals surface area contributed by atoms with Crippen molar-refractivity contribution in [3.8, 4) is 33.4 Å². The first kappa shape index (κ1) is 37.8. The van der Waals surface area contributed by atoms with Gasteiger partial charge in [0.25, 0.3) is 0 Å². The second kappa shape index (κ2) is 15.0. The summed E-state index contributed by atoms with van der Waals surface area (Å²) in [6.45, 7) is 11.7. The summed E-state index contributed by atoms with van der Waals surface area (Å²) in [6, 6.07) is 63.7. The van der Waals surface area contributed by atoms with Crippen molar-refractivity contribution in [1.29, 1.82) is 0 Å². The largest absolute Gasteiger partial charge is 0.310 e. The van der Waals surface area contributed by atoms with Crippen LogP contribution in [-0.2, 0) is 10.8 Å². The first-order valence-corrected chi connectivity index (χ1v) is 22.1. The van der Waals surface area contributed by atoms with E-state index >= 15 is 0 Å². The van der Waals surface area contributed by atoms with Gasteiger partial charge in [0.2, 0.25) is 0 Å². The van der Waals surface area contributed by atoms with E-state index in [1.165, 1.54) is 88.8 Å². The molecule has 0 heterocycles. The topological polar surface area (TPSA) is 3.24 Å². The van der Waals surface area contributed by atoms with Crippen molar-refractivity contribution in [2.24, 2.45) is 0 Å². The molecule has 0 N–H and O–H groups in total. The van der Waals surface area contributed by atoms with Crippen molar-refractivity contribution >= 4 is 40.0 Å². The van der Waals surface area contributed by atoms with Crippen molar-refractivity contribution < 1.29 is 0 Å². The van der Waals surface area contributed by atoms with E-state index in [0.717, 1.165) is 37.1 Å². The smallest absolute Gasteiger partial charge is 0.0465 e. The van der Waals surface area contributed by atoms with Crippen LogP contribution in [0.5, 0.6) is 0 Å². The van der Waals surface area contributed by atoms with Crippen LogP contribution in [0.15, 0.2) is 170 Å². The molecule has 0 spiro atoms. The van der Waals surface area contributed by atoms with Gasteiger partial charge in [-0.1, -0.05) is 167 Å². The number of benzene rings is 8. The van der Waals surface area contributed by atoms with E-state index in [1.54, 1.807) is 0 Å². The molecule has 60 heavy (non-hydrogen) atoms. The summed E-state index contributed by atoms with van der Waals surface area (Å²) in [6.07, 6.45) is 8.88. The van der Waals surface area contributed by atoms with E-state index < -0.39 is 0 Å². The molecule has 0 amide bonds. The average molecular weight is 776 g/mol. The Balaban J connectivity index is 0.990. The minimum absolute atomic E-state index is 0.0261. The van der Waals surface area contributed by atoms with Gasteiger partial charge in [-0.2, -0.15) is 0 Å². The fraction of sp³-hybridized carbons (Fsp3) is 0.186. The van der Waals surface area contributed by atoms with Gasteiger partial charge in [-0.05, 0) is 158 Å². The summed E-state index contributed by atoms with van der Waals surface area (Å²) in [7, 11) is 0. The molecule has 0 saturated carbocycles. The molecule has 8 aromatic rings. The summed E-state index contributed by atoms with van der Waals surface area (Å²) in [5.74, 6) is 0. The van der Waals surface area contributed by atoms with Crippen LogP contribution in [-0.4, -0.2) is 0 Å². The number of fused-ring (bicyclic) bond motifs is 7. The third kappa shape index (κ3) is 5.81. The number of anilines is 3. The summed E-state index contributed by atoms with van der Waals surface area (Å²) >= 11 is 0. The van der Waals surface area contributed by atoms with Crippen LogP contribution in [0.1, 0.15) is 92.3 Å². The van der Waals surface area contributed by atoms with E-state index in [2.05, 4.69) is 222 Å². The van der Waals surface area contributed by atoms with Crippen LogP contribution in [0.4, 0.5) is 17.1 Å². The molecule has 0 unspecified atom stereocenters. The zero-order chi connectivity index (χ0) is 41.0. The van der Waals surface area contributed by atoms with Crippen LogP contribution >= 0.6 is 0 Å². The van der Waals surface area contributed by atoms with Crippen LogP contribution in [0.2, 0.25) is 0 Å². The number of aryl methyl sites for hydroxylation is 1. The molecule has 2 aliphatic carbocycles. The lowest BCUT2D eigenvalue weighted by atomic mass is 9.73. The molecule has 0 saturated heterocycles. The lowest BCUT2D eigenvalue weighted by Gasteiger charge is -2.32. The quantitative estimate of drug-likeness (QED) is 0.125. The lowest BCUT2D eigenvalue weighted by Crippen LogP contribution is -2.23. The van der Waals surface area contributed by atoms with E-state index in [-0.39, 0.29) is 10.8 Å². The standard InChI is InChI=1S/C59H53N/c1-6-58(7-2)54-36-41(27-32-50(54)52-34-29-43(38-56(52)58)48-31-24-40(5)47-22-16-17-23-49(47)48)25-26-42-28-33-51-53-35-30-46(39-57(53)59(8-3,9-4)55(51)37-42)60(44-18-12-10-13-19-44)45-20-14-11-15-21-45/h10-39H,6-9H2,1-5H3/b26-25+. The Morgan fingerprint density at radius 1 is 0.383 bits per heavy atom. The molecule has 0 bridgehead atoms. The number of hydrogen-bond donors (Lipinski definition) is 0. The Kier molecular flexibility index (Phi) is 9.44. The molecule has 2 aliphatic rings. The molecule has 0 aliphatic heterocycles. The van der Waals surface area contributed by atoms with Gasteiger partial charge in [0.05, 0.1) is 0 Å². The molecule has 1 nitrogen and oxygen atoms in total. The van der Waals surface area contributed by atoms with Crippen molar-refractivity contribution in [2.75, 3.05) is 4.90 Å². The zero-order valence-electron chi connectivity index (χ0n) is 35.6. The van der Waals surface area contributed by atoms with E-state index in [4.69, 9.17) is 0 Å². The Morgan fingerprint density at radius 2 is 0.817 bits per heavy atom. The molecule has 0 aromatic heterocycles. The Hall–Kier alpha value is -6.44. The molecule has 10 rings (SSSR count). The minimum atomic E-state index is -0.0610. The first-order valence-electron chi connectivity index (χ1n) is 22.1. The summed E-state index contributed by atoms with van der Waals surface area (Å²) in [4.78, 5) is 2.39. The van der Waals surface area contributed by atoms with Crippen LogP contribution in [0, 0.1) is 6.92 Å². The highest BCUT2D eigenvalue weighted by atomic mass is 15.1. The second-order valence-corrected chi connectivity index (χ2v) is 17.0. The molecule has 0 radical (unpaired) electrons. The fourth-order valence-corrected chi connectivity index (χ4v) is 11.0. The Labute approximate surface area is 356 Å². The number of para-hydroxylation sites is 2. The summed E-state index contributed by atoms with van der Waals surface area (Å²) < 4.78 is 0. The molecular formula is C59H53N. The monoisotopic (exact) mass is 775 g/mol. The normalized spacial score (nSPS) is 14.2. The molecule has 8 aromatic carbocycles. The molecule has 294 valence electrons. The zero-order valence-corrected chi connectivity index (χ0v) is 35.6. The Morgan fingerprint density at radius 3 is 1.35 bits per heavy atom. The van der Waals surface area contributed by atoms with Crippen molar-refractivity contribution in [3.63, 3.8) is 0 Å². The van der Waals surface area contributed by atoms with Gasteiger partial charge in [0.15, 0.2) is 0 Å². The van der Waals surface area contributed by atoms with Gasteiger partial charge in [-0.25, -0.2) is 0 Å². The lowest BCUT2D eigenvalue weighted by molar-refractivity contribution is 0.490. The molecular weight excluding hydrogens is 723 g/mol. The predicted octanol–water partition coefficient (Wildman–Crippen LogP) is 16.6. The van der Waals surface area contributed by atoms with Crippen LogP contribution in [0.25, 0.3) is 56.3 Å². The van der Waals surface area contributed by atoms with Crippen molar-refractivity contribution in [3.05, 3.63) is 209 Å². The van der Waals surface area contributed by atoms with E-state index in [9.17, 15) is 0 Å². The fourth-order valence-electron chi connectivity index (χ4n) is 11.0. The highest BCUT2D eigenvalue weighted by Gasteiger charge is 2.42.